The molecule has 1 amide bonds. The fourth-order valence-electron chi connectivity index (χ4n) is 2.69. The van der Waals surface area contributed by atoms with Gasteiger partial charge in [0.1, 0.15) is 18.2 Å². The Balaban J connectivity index is 1.61. The number of amides is 1. The van der Waals surface area contributed by atoms with E-state index in [0.717, 1.165) is 12.8 Å². The summed E-state index contributed by atoms with van der Waals surface area (Å²) in [5.74, 6) is 0.446. The maximum Gasteiger partial charge on any atom is 0.234 e. The molecule has 5 heteroatoms. The zero-order valence-electron chi connectivity index (χ0n) is 13.2. The van der Waals surface area contributed by atoms with Crippen LogP contribution in [0, 0.1) is 5.82 Å². The van der Waals surface area contributed by atoms with Crippen LogP contribution in [0.3, 0.4) is 0 Å². The van der Waals surface area contributed by atoms with Crippen molar-refractivity contribution in [1.82, 2.24) is 10.2 Å². The first kappa shape index (κ1) is 16.7. The molecule has 4 nitrogen and oxygen atoms in total. The third kappa shape index (κ3) is 6.02. The number of nitrogens with one attached hydrogen (secondary N) is 1. The molecule has 1 aliphatic rings. The number of hydrogen-bond donors (Lipinski definition) is 1. The Hall–Kier alpha value is -1.62. The van der Waals surface area contributed by atoms with Crippen molar-refractivity contribution in [3.8, 4) is 5.75 Å². The predicted molar refractivity (Wildman–Crippen MR) is 84.4 cm³/mol. The van der Waals surface area contributed by atoms with Crippen LogP contribution in [0.4, 0.5) is 4.39 Å². The molecule has 0 atom stereocenters. The molecule has 0 radical (unpaired) electrons. The second kappa shape index (κ2) is 8.73. The Morgan fingerprint density at radius 3 is 2.64 bits per heavy atom. The topological polar surface area (TPSA) is 41.6 Å². The van der Waals surface area contributed by atoms with Gasteiger partial charge in [-0.05, 0) is 44.2 Å². The SMILES string of the molecule is CN(CCOc1ccc(F)cc1)CC(=O)NC1CCCCC1. The van der Waals surface area contributed by atoms with Gasteiger partial charge in [0.25, 0.3) is 0 Å². The molecule has 0 unspecified atom stereocenters. The maximum atomic E-state index is 12.8. The highest BCUT2D eigenvalue weighted by atomic mass is 19.1. The van der Waals surface area contributed by atoms with E-state index < -0.39 is 0 Å². The van der Waals surface area contributed by atoms with Gasteiger partial charge in [-0.3, -0.25) is 9.69 Å². The Kier molecular flexibility index (Phi) is 6.65. The number of carbonyl (C=O) groups excluding carboxylic acids is 1. The van der Waals surface area contributed by atoms with Crippen LogP contribution in [0.5, 0.6) is 5.75 Å². The molecule has 0 saturated heterocycles. The third-order valence-electron chi connectivity index (χ3n) is 3.94. The molecule has 0 aromatic heterocycles. The molecule has 22 heavy (non-hydrogen) atoms. The van der Waals surface area contributed by atoms with Crippen molar-refractivity contribution in [2.24, 2.45) is 0 Å². The van der Waals surface area contributed by atoms with Crippen LogP contribution in [-0.4, -0.2) is 43.6 Å². The van der Waals surface area contributed by atoms with E-state index in [1.165, 1.54) is 31.4 Å². The van der Waals surface area contributed by atoms with Gasteiger partial charge in [0.15, 0.2) is 0 Å². The quantitative estimate of drug-likeness (QED) is 0.842. The molecule has 1 saturated carbocycles. The van der Waals surface area contributed by atoms with E-state index in [2.05, 4.69) is 5.32 Å². The zero-order valence-corrected chi connectivity index (χ0v) is 13.2. The smallest absolute Gasteiger partial charge is 0.234 e. The van der Waals surface area contributed by atoms with Gasteiger partial charge in [-0.2, -0.15) is 0 Å². The summed E-state index contributed by atoms with van der Waals surface area (Å²) in [4.78, 5) is 13.9. The van der Waals surface area contributed by atoms with E-state index in [-0.39, 0.29) is 11.7 Å². The number of nitrogens with zero attached hydrogens (tertiary/aromatic N) is 1. The fraction of sp³-hybridized carbons (Fsp3) is 0.588. The van der Waals surface area contributed by atoms with Gasteiger partial charge in [0, 0.05) is 12.6 Å². The molecule has 0 aliphatic heterocycles. The number of likely N-dealkylation sites (N-methyl/N-ethyl adjacent to an activating group) is 1. The Labute approximate surface area is 131 Å². The average Bonchev–Trinajstić information content (AvgIpc) is 2.50. The molecule has 1 aromatic carbocycles. The average molecular weight is 308 g/mol. The summed E-state index contributed by atoms with van der Waals surface area (Å²) < 4.78 is 18.3. The first-order valence-electron chi connectivity index (χ1n) is 8.00. The van der Waals surface area contributed by atoms with Crippen LogP contribution < -0.4 is 10.1 Å². The van der Waals surface area contributed by atoms with Crippen molar-refractivity contribution in [3.63, 3.8) is 0 Å². The minimum atomic E-state index is -0.274. The molecule has 2 rings (SSSR count). The molecule has 1 fully saturated rings. The van der Waals surface area contributed by atoms with Crippen LogP contribution in [0.1, 0.15) is 32.1 Å². The summed E-state index contributed by atoms with van der Waals surface area (Å²) in [6.45, 7) is 1.50. The normalized spacial score (nSPS) is 15.8. The number of benzene rings is 1. The first-order valence-corrected chi connectivity index (χ1v) is 8.00. The van der Waals surface area contributed by atoms with Crippen LogP contribution in [0.2, 0.25) is 0 Å². The lowest BCUT2D eigenvalue weighted by molar-refractivity contribution is -0.122. The minimum absolute atomic E-state index is 0.0798. The number of carbonyl (C=O) groups is 1. The second-order valence-electron chi connectivity index (χ2n) is 5.94. The van der Waals surface area contributed by atoms with Crippen LogP contribution in [0.25, 0.3) is 0 Å². The third-order valence-corrected chi connectivity index (χ3v) is 3.94. The summed E-state index contributed by atoms with van der Waals surface area (Å²) in [5, 5.41) is 3.10. The lowest BCUT2D eigenvalue weighted by atomic mass is 9.95. The molecule has 122 valence electrons. The lowest BCUT2D eigenvalue weighted by Crippen LogP contribution is -2.42. The Bertz CT molecular complexity index is 458. The summed E-state index contributed by atoms with van der Waals surface area (Å²) in [6.07, 6.45) is 5.91. The molecule has 1 aliphatic carbocycles. The summed E-state index contributed by atoms with van der Waals surface area (Å²) in [5.41, 5.74) is 0. The van der Waals surface area contributed by atoms with Crippen LogP contribution >= 0.6 is 0 Å². The number of hydrogen-bond acceptors (Lipinski definition) is 3. The number of ether oxygens (including phenoxy) is 1. The lowest BCUT2D eigenvalue weighted by Gasteiger charge is -2.24. The first-order chi connectivity index (χ1) is 10.6. The Morgan fingerprint density at radius 1 is 1.27 bits per heavy atom. The van der Waals surface area contributed by atoms with Crippen molar-refractivity contribution < 1.29 is 13.9 Å². The van der Waals surface area contributed by atoms with Crippen molar-refractivity contribution in [2.45, 2.75) is 38.1 Å². The van der Waals surface area contributed by atoms with E-state index in [0.29, 0.717) is 31.5 Å². The van der Waals surface area contributed by atoms with Crippen molar-refractivity contribution in [1.29, 1.82) is 0 Å². The Morgan fingerprint density at radius 2 is 1.95 bits per heavy atom. The molecular weight excluding hydrogens is 283 g/mol. The van der Waals surface area contributed by atoms with Gasteiger partial charge >= 0.3 is 0 Å². The van der Waals surface area contributed by atoms with E-state index in [4.69, 9.17) is 4.74 Å². The monoisotopic (exact) mass is 308 g/mol. The van der Waals surface area contributed by atoms with E-state index >= 15 is 0 Å². The number of halogens is 1. The van der Waals surface area contributed by atoms with E-state index in [1.54, 1.807) is 12.1 Å². The van der Waals surface area contributed by atoms with Crippen LogP contribution in [-0.2, 0) is 4.79 Å². The van der Waals surface area contributed by atoms with Gasteiger partial charge in [-0.25, -0.2) is 4.39 Å². The summed E-state index contributed by atoms with van der Waals surface area (Å²) in [7, 11) is 1.90. The van der Waals surface area contributed by atoms with Crippen molar-refractivity contribution in [3.05, 3.63) is 30.1 Å². The van der Waals surface area contributed by atoms with Gasteiger partial charge in [-0.15, -0.1) is 0 Å². The highest BCUT2D eigenvalue weighted by molar-refractivity contribution is 5.78. The molecule has 0 spiro atoms. The highest BCUT2D eigenvalue weighted by Crippen LogP contribution is 2.17. The van der Waals surface area contributed by atoms with Crippen molar-refractivity contribution in [2.75, 3.05) is 26.7 Å². The van der Waals surface area contributed by atoms with E-state index in [9.17, 15) is 9.18 Å². The van der Waals surface area contributed by atoms with Gasteiger partial charge in [0.05, 0.1) is 6.54 Å². The predicted octanol–water partition coefficient (Wildman–Crippen LogP) is 2.59. The highest BCUT2D eigenvalue weighted by Gasteiger charge is 2.16. The van der Waals surface area contributed by atoms with Gasteiger partial charge in [-0.1, -0.05) is 19.3 Å². The van der Waals surface area contributed by atoms with Gasteiger partial charge in [0.2, 0.25) is 5.91 Å². The second-order valence-corrected chi connectivity index (χ2v) is 5.94. The summed E-state index contributed by atoms with van der Waals surface area (Å²) >= 11 is 0. The maximum absolute atomic E-state index is 12.8. The molecule has 0 bridgehead atoms. The molecule has 1 aromatic rings. The fourth-order valence-corrected chi connectivity index (χ4v) is 2.69. The molecular formula is C17H25FN2O2. The zero-order chi connectivity index (χ0) is 15.8. The standard InChI is InChI=1S/C17H25FN2O2/c1-20(11-12-22-16-9-7-14(18)8-10-16)13-17(21)19-15-5-3-2-4-6-15/h7-10,15H,2-6,11-13H2,1H3,(H,19,21). The molecule has 0 heterocycles. The van der Waals surface area contributed by atoms with E-state index in [1.807, 2.05) is 11.9 Å². The van der Waals surface area contributed by atoms with Crippen molar-refractivity contribution >= 4 is 5.91 Å². The minimum Gasteiger partial charge on any atom is -0.492 e. The molecule has 1 N–H and O–H groups in total. The summed E-state index contributed by atoms with van der Waals surface area (Å²) in [6, 6.07) is 6.30. The van der Waals surface area contributed by atoms with Gasteiger partial charge < -0.3 is 10.1 Å². The largest absolute Gasteiger partial charge is 0.492 e. The van der Waals surface area contributed by atoms with Crippen LogP contribution in [0.15, 0.2) is 24.3 Å². The number of rotatable bonds is 7.